The fourth-order valence-electron chi connectivity index (χ4n) is 2.94. The van der Waals surface area contributed by atoms with Gasteiger partial charge in [0.2, 0.25) is 0 Å². The number of halogens is 4. The van der Waals surface area contributed by atoms with Crippen molar-refractivity contribution in [3.63, 3.8) is 0 Å². The van der Waals surface area contributed by atoms with Crippen LogP contribution in [0.4, 0.5) is 13.2 Å². The fourth-order valence-corrected chi connectivity index (χ4v) is 3.17. The van der Waals surface area contributed by atoms with E-state index in [0.717, 1.165) is 12.1 Å². The third-order valence-corrected chi connectivity index (χ3v) is 4.47. The third-order valence-electron chi connectivity index (χ3n) is 4.14. The average Bonchev–Trinajstić information content (AvgIpc) is 2.62. The molecule has 0 N–H and O–H groups in total. The van der Waals surface area contributed by atoms with Crippen molar-refractivity contribution in [1.29, 1.82) is 5.26 Å². The number of nitriles is 1. The van der Waals surface area contributed by atoms with Gasteiger partial charge in [0.1, 0.15) is 0 Å². The molecule has 0 heterocycles. The van der Waals surface area contributed by atoms with Crippen molar-refractivity contribution >= 4 is 17.6 Å². The molecule has 2 aromatic carbocycles. The standard InChI is InChI=1S/C20H17ClF3NO2/c1-2-27-19(26)18(13-6-4-3-5-7-13)15(10-11-25)14-8-9-17(21)16(12-14)20(22,23)24/h3-9,12,15,18H,2,10H2,1H3. The Hall–Kier alpha value is -2.52. The van der Waals surface area contributed by atoms with Crippen LogP contribution in [0, 0.1) is 11.3 Å². The van der Waals surface area contributed by atoms with Gasteiger partial charge in [0.25, 0.3) is 0 Å². The van der Waals surface area contributed by atoms with Gasteiger partial charge < -0.3 is 4.74 Å². The van der Waals surface area contributed by atoms with E-state index in [0.29, 0.717) is 5.56 Å². The van der Waals surface area contributed by atoms with Gasteiger partial charge in [0.05, 0.1) is 29.2 Å². The van der Waals surface area contributed by atoms with Gasteiger partial charge in [-0.25, -0.2) is 0 Å². The molecule has 2 unspecified atom stereocenters. The maximum atomic E-state index is 13.2. The molecule has 3 nitrogen and oxygen atoms in total. The normalized spacial score (nSPS) is 13.5. The largest absolute Gasteiger partial charge is 0.466 e. The lowest BCUT2D eigenvalue weighted by Gasteiger charge is -2.25. The Morgan fingerprint density at radius 1 is 1.19 bits per heavy atom. The minimum absolute atomic E-state index is 0.121. The highest BCUT2D eigenvalue weighted by Gasteiger charge is 2.37. The van der Waals surface area contributed by atoms with E-state index in [1.165, 1.54) is 6.07 Å². The third kappa shape index (κ3) is 5.01. The van der Waals surface area contributed by atoms with Gasteiger partial charge in [-0.3, -0.25) is 4.79 Å². The highest BCUT2D eigenvalue weighted by Crippen LogP contribution is 2.41. The van der Waals surface area contributed by atoms with Gasteiger partial charge in [0, 0.05) is 12.3 Å². The highest BCUT2D eigenvalue weighted by molar-refractivity contribution is 6.31. The molecule has 2 aromatic rings. The molecular weight excluding hydrogens is 379 g/mol. The van der Waals surface area contributed by atoms with Gasteiger partial charge in [-0.2, -0.15) is 18.4 Å². The van der Waals surface area contributed by atoms with E-state index < -0.39 is 34.6 Å². The number of benzene rings is 2. The second-order valence-electron chi connectivity index (χ2n) is 5.85. The maximum absolute atomic E-state index is 13.2. The number of carbonyl (C=O) groups is 1. The molecule has 7 heteroatoms. The van der Waals surface area contributed by atoms with Gasteiger partial charge in [-0.1, -0.05) is 48.0 Å². The molecule has 0 amide bonds. The second kappa shape index (κ2) is 8.92. The van der Waals surface area contributed by atoms with Gasteiger partial charge in [-0.05, 0) is 30.2 Å². The van der Waals surface area contributed by atoms with Crippen LogP contribution in [0.5, 0.6) is 0 Å². The Labute approximate surface area is 160 Å². The van der Waals surface area contributed by atoms with Crippen LogP contribution in [0.3, 0.4) is 0 Å². The van der Waals surface area contributed by atoms with Crippen molar-refractivity contribution in [1.82, 2.24) is 0 Å². The molecule has 0 fully saturated rings. The number of alkyl halides is 3. The molecule has 2 rings (SSSR count). The van der Waals surface area contributed by atoms with Crippen LogP contribution in [-0.4, -0.2) is 12.6 Å². The molecule has 0 aliphatic rings. The van der Waals surface area contributed by atoms with Gasteiger partial charge in [-0.15, -0.1) is 0 Å². The van der Waals surface area contributed by atoms with Crippen LogP contribution in [0.1, 0.15) is 41.9 Å². The summed E-state index contributed by atoms with van der Waals surface area (Å²) in [5, 5.41) is 8.80. The molecule has 0 aliphatic carbocycles. The number of hydrogen-bond donors (Lipinski definition) is 0. The number of ether oxygens (including phenoxy) is 1. The van der Waals surface area contributed by atoms with E-state index in [1.807, 2.05) is 6.07 Å². The topological polar surface area (TPSA) is 50.1 Å². The first-order valence-corrected chi connectivity index (χ1v) is 8.62. The molecular formula is C20H17ClF3NO2. The number of hydrogen-bond acceptors (Lipinski definition) is 3. The Morgan fingerprint density at radius 2 is 1.85 bits per heavy atom. The van der Waals surface area contributed by atoms with Crippen molar-refractivity contribution in [2.45, 2.75) is 31.4 Å². The second-order valence-corrected chi connectivity index (χ2v) is 6.25. The number of carbonyl (C=O) groups excluding carboxylic acids is 1. The molecule has 0 saturated heterocycles. The minimum Gasteiger partial charge on any atom is -0.466 e. The van der Waals surface area contributed by atoms with Crippen LogP contribution >= 0.6 is 11.6 Å². The summed E-state index contributed by atoms with van der Waals surface area (Å²) in [7, 11) is 0. The monoisotopic (exact) mass is 395 g/mol. The fraction of sp³-hybridized carbons (Fsp3) is 0.300. The number of rotatable bonds is 6. The zero-order valence-electron chi connectivity index (χ0n) is 14.5. The van der Waals surface area contributed by atoms with Crippen molar-refractivity contribution < 1.29 is 22.7 Å². The van der Waals surface area contributed by atoms with E-state index in [1.54, 1.807) is 37.3 Å². The lowest BCUT2D eigenvalue weighted by molar-refractivity contribution is -0.145. The summed E-state index contributed by atoms with van der Waals surface area (Å²) in [6, 6.07) is 14.0. The maximum Gasteiger partial charge on any atom is 0.417 e. The Balaban J connectivity index is 2.59. The summed E-state index contributed by atoms with van der Waals surface area (Å²) in [5.74, 6) is -2.31. The first kappa shape index (κ1) is 20.8. The Bertz CT molecular complexity index is 831. The molecule has 142 valence electrons. The molecule has 27 heavy (non-hydrogen) atoms. The smallest absolute Gasteiger partial charge is 0.417 e. The summed E-state index contributed by atoms with van der Waals surface area (Å²) in [4.78, 5) is 12.6. The molecule has 2 atom stereocenters. The quantitative estimate of drug-likeness (QED) is 0.589. The van der Waals surface area contributed by atoms with Crippen molar-refractivity contribution in [3.05, 3.63) is 70.2 Å². The predicted molar refractivity (Wildman–Crippen MR) is 95.2 cm³/mol. The molecule has 0 aliphatic heterocycles. The van der Waals surface area contributed by atoms with Crippen LogP contribution < -0.4 is 0 Å². The summed E-state index contributed by atoms with van der Waals surface area (Å²) in [5.41, 5.74) is -0.227. The van der Waals surface area contributed by atoms with Crippen molar-refractivity contribution in [2.75, 3.05) is 6.61 Å². The van der Waals surface area contributed by atoms with E-state index in [9.17, 15) is 23.2 Å². The van der Waals surface area contributed by atoms with E-state index in [4.69, 9.17) is 16.3 Å². The summed E-state index contributed by atoms with van der Waals surface area (Å²) < 4.78 is 44.9. The first-order chi connectivity index (χ1) is 12.8. The number of nitrogens with zero attached hydrogens (tertiary/aromatic N) is 1. The number of esters is 1. The van der Waals surface area contributed by atoms with Crippen molar-refractivity contribution in [3.8, 4) is 6.07 Å². The van der Waals surface area contributed by atoms with Crippen LogP contribution in [-0.2, 0) is 15.7 Å². The summed E-state index contributed by atoms with van der Waals surface area (Å²) in [6.07, 6.45) is -4.80. The first-order valence-electron chi connectivity index (χ1n) is 8.24. The predicted octanol–water partition coefficient (Wildman–Crippen LogP) is 5.70. The van der Waals surface area contributed by atoms with Crippen molar-refractivity contribution in [2.24, 2.45) is 0 Å². The molecule has 0 spiro atoms. The van der Waals surface area contributed by atoms with E-state index in [2.05, 4.69) is 0 Å². The Morgan fingerprint density at radius 3 is 2.41 bits per heavy atom. The minimum atomic E-state index is -4.64. The lowest BCUT2D eigenvalue weighted by atomic mass is 9.79. The zero-order valence-corrected chi connectivity index (χ0v) is 15.2. The zero-order chi connectivity index (χ0) is 20.0. The molecule has 0 aromatic heterocycles. The van der Waals surface area contributed by atoms with Crippen LogP contribution in [0.25, 0.3) is 0 Å². The van der Waals surface area contributed by atoms with Gasteiger partial charge in [0.15, 0.2) is 0 Å². The molecule has 0 saturated carbocycles. The molecule has 0 bridgehead atoms. The van der Waals surface area contributed by atoms with E-state index in [-0.39, 0.29) is 18.6 Å². The van der Waals surface area contributed by atoms with Crippen LogP contribution in [0.2, 0.25) is 5.02 Å². The SMILES string of the molecule is CCOC(=O)C(c1ccccc1)C(CC#N)c1ccc(Cl)c(C(F)(F)F)c1. The van der Waals surface area contributed by atoms with Gasteiger partial charge >= 0.3 is 12.1 Å². The highest BCUT2D eigenvalue weighted by atomic mass is 35.5. The van der Waals surface area contributed by atoms with Crippen LogP contribution in [0.15, 0.2) is 48.5 Å². The van der Waals surface area contributed by atoms with E-state index >= 15 is 0 Å². The average molecular weight is 396 g/mol. The molecule has 0 radical (unpaired) electrons. The summed E-state index contributed by atoms with van der Waals surface area (Å²) >= 11 is 5.69. The lowest BCUT2D eigenvalue weighted by Crippen LogP contribution is -2.23. The Kier molecular flexibility index (Phi) is 6.86. The summed E-state index contributed by atoms with van der Waals surface area (Å²) in [6.45, 7) is 1.76.